The molecule has 12 heteroatoms. The van der Waals surface area contributed by atoms with Gasteiger partial charge in [-0.25, -0.2) is 0 Å². The lowest BCUT2D eigenvalue weighted by Gasteiger charge is -2.28. The molecule has 0 unspecified atom stereocenters. The molecule has 38 heavy (non-hydrogen) atoms. The molecule has 0 saturated heterocycles. The maximum absolute atomic E-state index is 13.6. The van der Waals surface area contributed by atoms with Crippen LogP contribution in [0, 0.1) is 10.1 Å². The van der Waals surface area contributed by atoms with Crippen molar-refractivity contribution in [1.82, 2.24) is 9.80 Å². The van der Waals surface area contributed by atoms with Gasteiger partial charge in [-0.1, -0.05) is 23.7 Å². The maximum atomic E-state index is 13.6. The average Bonchev–Trinajstić information content (AvgIpc) is 3.59. The predicted octanol–water partition coefficient (Wildman–Crippen LogP) is 4.75. The molecule has 0 saturated carbocycles. The van der Waals surface area contributed by atoms with E-state index in [0.29, 0.717) is 37.6 Å². The normalized spacial score (nSPS) is 11.8. The van der Waals surface area contributed by atoms with E-state index >= 15 is 0 Å². The standard InChI is InChI=1S/C26H26ClN3O7S/c1-35-10-3-9-28(26(32)19-6-7-21(27)22(13-19)30(33)34)16-25(31)29(15-20-4-2-11-38-20)14-18-5-8-23-24(12-18)37-17-36-23/h2,4-8,11-13H,3,9-10,14-17H2,1H3. The Balaban J connectivity index is 1.56. The van der Waals surface area contributed by atoms with Crippen molar-refractivity contribution >= 4 is 40.4 Å². The first kappa shape index (κ1) is 27.4. The molecule has 1 aromatic heterocycles. The third-order valence-electron chi connectivity index (χ3n) is 5.87. The van der Waals surface area contributed by atoms with Crippen molar-refractivity contribution in [3.8, 4) is 11.5 Å². The Bertz CT molecular complexity index is 1300. The number of nitrogens with zero attached hydrogens (tertiary/aromatic N) is 3. The van der Waals surface area contributed by atoms with E-state index in [2.05, 4.69) is 0 Å². The molecule has 0 atom stereocenters. The highest BCUT2D eigenvalue weighted by atomic mass is 35.5. The fourth-order valence-corrected chi connectivity index (χ4v) is 4.87. The average molecular weight is 560 g/mol. The Morgan fingerprint density at radius 1 is 1.11 bits per heavy atom. The number of halogens is 1. The van der Waals surface area contributed by atoms with Crippen molar-refractivity contribution in [2.24, 2.45) is 0 Å². The van der Waals surface area contributed by atoms with E-state index in [1.54, 1.807) is 18.1 Å². The van der Waals surface area contributed by atoms with Gasteiger partial charge in [0.25, 0.3) is 11.6 Å². The molecular weight excluding hydrogens is 534 g/mol. The van der Waals surface area contributed by atoms with E-state index in [4.69, 9.17) is 25.8 Å². The van der Waals surface area contributed by atoms with Gasteiger partial charge in [0, 0.05) is 43.3 Å². The van der Waals surface area contributed by atoms with Crippen molar-refractivity contribution in [1.29, 1.82) is 0 Å². The van der Waals surface area contributed by atoms with Gasteiger partial charge in [0.15, 0.2) is 11.5 Å². The molecule has 2 heterocycles. The van der Waals surface area contributed by atoms with Crippen LogP contribution in [0.3, 0.4) is 0 Å². The third kappa shape index (κ3) is 6.80. The molecule has 1 aliphatic heterocycles. The van der Waals surface area contributed by atoms with Gasteiger partial charge in [-0.15, -0.1) is 11.3 Å². The van der Waals surface area contributed by atoms with Crippen LogP contribution in [0.2, 0.25) is 5.02 Å². The molecule has 2 aromatic carbocycles. The van der Waals surface area contributed by atoms with Gasteiger partial charge in [-0.3, -0.25) is 19.7 Å². The summed E-state index contributed by atoms with van der Waals surface area (Å²) in [6.45, 7) is 1.20. The number of rotatable bonds is 12. The second-order valence-electron chi connectivity index (χ2n) is 8.51. The molecule has 1 aliphatic rings. The topological polar surface area (TPSA) is 111 Å². The van der Waals surface area contributed by atoms with Gasteiger partial charge in [-0.05, 0) is 47.7 Å². The Morgan fingerprint density at radius 2 is 1.92 bits per heavy atom. The van der Waals surface area contributed by atoms with Crippen LogP contribution < -0.4 is 9.47 Å². The number of methoxy groups -OCH3 is 1. The number of ether oxygens (including phenoxy) is 3. The summed E-state index contributed by atoms with van der Waals surface area (Å²) in [6, 6.07) is 13.2. The molecule has 200 valence electrons. The van der Waals surface area contributed by atoms with Gasteiger partial charge in [0.2, 0.25) is 12.7 Å². The van der Waals surface area contributed by atoms with Crippen LogP contribution in [0.15, 0.2) is 53.9 Å². The number of carbonyl (C=O) groups is 2. The van der Waals surface area contributed by atoms with Crippen molar-refractivity contribution in [3.05, 3.63) is 85.1 Å². The zero-order chi connectivity index (χ0) is 27.1. The molecule has 0 aliphatic carbocycles. The summed E-state index contributed by atoms with van der Waals surface area (Å²) in [5.74, 6) is 0.488. The van der Waals surface area contributed by atoms with Gasteiger partial charge >= 0.3 is 0 Å². The van der Waals surface area contributed by atoms with Crippen LogP contribution in [0.1, 0.15) is 27.2 Å². The van der Waals surface area contributed by atoms with E-state index in [0.717, 1.165) is 16.5 Å². The molecule has 4 rings (SSSR count). The number of amides is 2. The summed E-state index contributed by atoms with van der Waals surface area (Å²) >= 11 is 7.46. The van der Waals surface area contributed by atoms with E-state index in [1.807, 2.05) is 29.6 Å². The zero-order valence-corrected chi connectivity index (χ0v) is 22.2. The molecule has 0 bridgehead atoms. The molecule has 0 fully saturated rings. The molecule has 3 aromatic rings. The van der Waals surface area contributed by atoms with Crippen LogP contribution >= 0.6 is 22.9 Å². The molecular formula is C26H26ClN3O7S. The van der Waals surface area contributed by atoms with Crippen LogP contribution in [0.25, 0.3) is 0 Å². The number of nitro benzene ring substituents is 1. The number of nitro groups is 1. The minimum atomic E-state index is -0.645. The quantitative estimate of drug-likeness (QED) is 0.179. The fraction of sp³-hybridized carbons (Fsp3) is 0.308. The lowest BCUT2D eigenvalue weighted by molar-refractivity contribution is -0.384. The van der Waals surface area contributed by atoms with E-state index < -0.39 is 10.8 Å². The second-order valence-corrected chi connectivity index (χ2v) is 9.95. The summed E-state index contributed by atoms with van der Waals surface area (Å²) in [5.41, 5.74) is 0.555. The first-order valence-electron chi connectivity index (χ1n) is 11.8. The molecule has 10 nitrogen and oxygen atoms in total. The van der Waals surface area contributed by atoms with E-state index in [-0.39, 0.29) is 42.1 Å². The van der Waals surface area contributed by atoms with Crippen molar-refractivity contribution < 1.29 is 28.7 Å². The monoisotopic (exact) mass is 559 g/mol. The van der Waals surface area contributed by atoms with Crippen molar-refractivity contribution in [2.75, 3.05) is 33.6 Å². The highest BCUT2D eigenvalue weighted by molar-refractivity contribution is 7.09. The number of fused-ring (bicyclic) bond motifs is 1. The number of hydrogen-bond acceptors (Lipinski definition) is 8. The van der Waals surface area contributed by atoms with Gasteiger partial charge < -0.3 is 24.0 Å². The van der Waals surface area contributed by atoms with Crippen molar-refractivity contribution in [2.45, 2.75) is 19.5 Å². The first-order valence-corrected chi connectivity index (χ1v) is 13.0. The number of benzene rings is 2. The van der Waals surface area contributed by atoms with Crippen molar-refractivity contribution in [3.63, 3.8) is 0 Å². The summed E-state index contributed by atoms with van der Waals surface area (Å²) in [5, 5.41) is 13.2. The van der Waals surface area contributed by atoms with Gasteiger partial charge in [0.1, 0.15) is 11.6 Å². The minimum Gasteiger partial charge on any atom is -0.454 e. The Morgan fingerprint density at radius 3 is 2.66 bits per heavy atom. The van der Waals surface area contributed by atoms with E-state index in [9.17, 15) is 19.7 Å². The Kier molecular flexibility index (Phi) is 9.16. The molecule has 0 radical (unpaired) electrons. The zero-order valence-electron chi connectivity index (χ0n) is 20.6. The summed E-state index contributed by atoms with van der Waals surface area (Å²) in [6.07, 6.45) is 0.484. The summed E-state index contributed by atoms with van der Waals surface area (Å²) in [4.78, 5) is 41.8. The van der Waals surface area contributed by atoms with Crippen LogP contribution in [-0.4, -0.2) is 60.1 Å². The molecule has 0 spiro atoms. The largest absolute Gasteiger partial charge is 0.454 e. The molecule has 0 N–H and O–H groups in total. The summed E-state index contributed by atoms with van der Waals surface area (Å²) in [7, 11) is 1.55. The van der Waals surface area contributed by atoms with Crippen LogP contribution in [0.5, 0.6) is 11.5 Å². The smallest absolute Gasteiger partial charge is 0.288 e. The SMILES string of the molecule is COCCCN(CC(=O)N(Cc1ccc2c(c1)OCO2)Cc1cccs1)C(=O)c1ccc(Cl)c([N+](=O)[O-])c1. The maximum Gasteiger partial charge on any atom is 0.288 e. The van der Waals surface area contributed by atoms with Crippen LogP contribution in [0.4, 0.5) is 5.69 Å². The highest BCUT2D eigenvalue weighted by Crippen LogP contribution is 2.33. The van der Waals surface area contributed by atoms with Crippen LogP contribution in [-0.2, 0) is 22.6 Å². The third-order valence-corrected chi connectivity index (χ3v) is 7.05. The minimum absolute atomic E-state index is 0.0700. The highest BCUT2D eigenvalue weighted by Gasteiger charge is 2.25. The van der Waals surface area contributed by atoms with Gasteiger partial charge in [-0.2, -0.15) is 0 Å². The number of thiophene rings is 1. The molecule has 2 amide bonds. The van der Waals surface area contributed by atoms with E-state index in [1.165, 1.54) is 28.4 Å². The number of hydrogen-bond donors (Lipinski definition) is 0. The predicted molar refractivity (Wildman–Crippen MR) is 142 cm³/mol. The fourth-order valence-electron chi connectivity index (χ4n) is 3.97. The Labute approximate surface area is 228 Å². The Hall–Kier alpha value is -3.67. The summed E-state index contributed by atoms with van der Waals surface area (Å²) < 4.78 is 16.0. The lowest BCUT2D eigenvalue weighted by atomic mass is 10.1. The second kappa shape index (κ2) is 12.7. The van der Waals surface area contributed by atoms with Gasteiger partial charge in [0.05, 0.1) is 11.5 Å². The number of carbonyl (C=O) groups excluding carboxylic acids is 2. The first-order chi connectivity index (χ1) is 18.4. The lowest BCUT2D eigenvalue weighted by Crippen LogP contribution is -2.43.